The zero-order valence-electron chi connectivity index (χ0n) is 18.4. The Bertz CT molecular complexity index is 1360. The lowest BCUT2D eigenvalue weighted by molar-refractivity contribution is 0.120. The summed E-state index contributed by atoms with van der Waals surface area (Å²) in [6, 6.07) is 12.0. The zero-order chi connectivity index (χ0) is 22.9. The maximum absolute atomic E-state index is 13.0. The van der Waals surface area contributed by atoms with Crippen LogP contribution in [-0.2, 0) is 10.0 Å². The minimum absolute atomic E-state index is 0.141. The van der Waals surface area contributed by atoms with E-state index in [1.54, 1.807) is 36.4 Å². The first-order valence-corrected chi connectivity index (χ1v) is 12.4. The molecule has 2 aromatic carbocycles. The predicted molar refractivity (Wildman–Crippen MR) is 128 cm³/mol. The summed E-state index contributed by atoms with van der Waals surface area (Å²) < 4.78 is 30.9. The Morgan fingerprint density at radius 1 is 1.16 bits per heavy atom. The molecule has 0 atom stereocenters. The van der Waals surface area contributed by atoms with Gasteiger partial charge in [0.2, 0.25) is 10.0 Å². The summed E-state index contributed by atoms with van der Waals surface area (Å²) in [6.45, 7) is 7.57. The highest BCUT2D eigenvalue weighted by atomic mass is 32.2. The van der Waals surface area contributed by atoms with Crippen LogP contribution in [0.4, 0.5) is 5.69 Å². The van der Waals surface area contributed by atoms with E-state index in [0.29, 0.717) is 39.6 Å². The van der Waals surface area contributed by atoms with Crippen molar-refractivity contribution in [2.45, 2.75) is 13.8 Å². The molecule has 1 aliphatic rings. The number of rotatable bonds is 5. The van der Waals surface area contributed by atoms with Gasteiger partial charge in [-0.2, -0.15) is 0 Å². The molecule has 1 fully saturated rings. The van der Waals surface area contributed by atoms with Crippen LogP contribution >= 0.6 is 0 Å². The molecule has 32 heavy (non-hydrogen) atoms. The van der Waals surface area contributed by atoms with E-state index in [9.17, 15) is 13.2 Å². The number of anilines is 1. The van der Waals surface area contributed by atoms with Gasteiger partial charge in [0.25, 0.3) is 0 Å². The number of sulfonamides is 1. The number of fused-ring (bicyclic) bond motifs is 1. The van der Waals surface area contributed by atoms with Gasteiger partial charge in [0.05, 0.1) is 17.2 Å². The van der Waals surface area contributed by atoms with Crippen molar-refractivity contribution in [2.75, 3.05) is 30.6 Å². The molecule has 0 spiro atoms. The van der Waals surface area contributed by atoms with Crippen molar-refractivity contribution in [3.8, 4) is 23.0 Å². The van der Waals surface area contributed by atoms with Crippen molar-refractivity contribution in [1.82, 2.24) is 4.90 Å². The Balaban J connectivity index is 1.52. The van der Waals surface area contributed by atoms with Crippen LogP contribution in [0.25, 0.3) is 22.1 Å². The molecule has 166 valence electrons. The van der Waals surface area contributed by atoms with Gasteiger partial charge in [0.1, 0.15) is 11.8 Å². The highest BCUT2D eigenvalue weighted by molar-refractivity contribution is 7.92. The Morgan fingerprint density at radius 2 is 1.88 bits per heavy atom. The Morgan fingerprint density at radius 3 is 2.53 bits per heavy atom. The topological polar surface area (TPSA) is 79.6 Å². The zero-order valence-corrected chi connectivity index (χ0v) is 19.2. The maximum atomic E-state index is 13.0. The standard InChI is InChI=1S/C25H26N2O4S/c1-17(2)13-27-14-19(15-27)5-4-18-6-11-22-24(12-18)31-16-23(25(22)28)20-7-9-21(10-8-20)26-32(3,29)30/h6-12,16-17,19,26H,13-15H2,1-3H3. The molecule has 0 unspecified atom stereocenters. The van der Waals surface area contributed by atoms with Crippen LogP contribution in [0.3, 0.4) is 0 Å². The first-order valence-electron chi connectivity index (χ1n) is 10.6. The quantitative estimate of drug-likeness (QED) is 0.599. The minimum atomic E-state index is -3.36. The highest BCUT2D eigenvalue weighted by Gasteiger charge is 2.24. The van der Waals surface area contributed by atoms with Gasteiger partial charge in [-0.1, -0.05) is 37.8 Å². The Labute approximate surface area is 188 Å². The molecule has 1 aliphatic heterocycles. The lowest BCUT2D eigenvalue weighted by Gasteiger charge is -2.37. The van der Waals surface area contributed by atoms with Crippen molar-refractivity contribution in [2.24, 2.45) is 11.8 Å². The summed E-state index contributed by atoms with van der Waals surface area (Å²) in [6.07, 6.45) is 2.53. The average molecular weight is 451 g/mol. The van der Waals surface area contributed by atoms with E-state index in [1.165, 1.54) is 6.26 Å². The molecule has 2 heterocycles. The molecule has 1 aromatic heterocycles. The van der Waals surface area contributed by atoms with Gasteiger partial charge < -0.3 is 9.32 Å². The summed E-state index contributed by atoms with van der Waals surface area (Å²) in [5.41, 5.74) is 2.69. The second-order valence-electron chi connectivity index (χ2n) is 8.72. The fourth-order valence-electron chi connectivity index (χ4n) is 3.85. The van der Waals surface area contributed by atoms with Crippen LogP contribution in [-0.4, -0.2) is 39.2 Å². The highest BCUT2D eigenvalue weighted by Crippen LogP contribution is 2.23. The van der Waals surface area contributed by atoms with E-state index in [4.69, 9.17) is 4.42 Å². The van der Waals surface area contributed by atoms with E-state index >= 15 is 0 Å². The molecule has 3 aromatic rings. The number of nitrogens with zero attached hydrogens (tertiary/aromatic N) is 1. The molecule has 1 N–H and O–H groups in total. The molecular formula is C25H26N2O4S. The van der Waals surface area contributed by atoms with Gasteiger partial charge in [-0.3, -0.25) is 9.52 Å². The largest absolute Gasteiger partial charge is 0.463 e. The van der Waals surface area contributed by atoms with Gasteiger partial charge in [-0.05, 0) is 41.8 Å². The van der Waals surface area contributed by atoms with E-state index in [2.05, 4.69) is 35.3 Å². The molecule has 1 saturated heterocycles. The fraction of sp³-hybridized carbons (Fsp3) is 0.320. The molecule has 4 rings (SSSR count). The monoisotopic (exact) mass is 450 g/mol. The predicted octanol–water partition coefficient (Wildman–Crippen LogP) is 3.77. The van der Waals surface area contributed by atoms with Crippen molar-refractivity contribution >= 4 is 26.7 Å². The summed E-state index contributed by atoms with van der Waals surface area (Å²) in [5.74, 6) is 7.58. The Kier molecular flexibility index (Phi) is 6.09. The molecule has 0 bridgehead atoms. The number of benzene rings is 2. The fourth-order valence-corrected chi connectivity index (χ4v) is 4.41. The summed E-state index contributed by atoms with van der Waals surface area (Å²) in [7, 11) is -3.36. The first kappa shape index (κ1) is 22.1. The lowest BCUT2D eigenvalue weighted by Crippen LogP contribution is -2.47. The molecular weight excluding hydrogens is 424 g/mol. The number of hydrogen-bond acceptors (Lipinski definition) is 5. The van der Waals surface area contributed by atoms with Crippen LogP contribution in [0.2, 0.25) is 0 Å². The summed E-state index contributed by atoms with van der Waals surface area (Å²) >= 11 is 0. The molecule has 7 heteroatoms. The van der Waals surface area contributed by atoms with Gasteiger partial charge in [0, 0.05) is 36.8 Å². The van der Waals surface area contributed by atoms with Crippen molar-refractivity contribution < 1.29 is 12.8 Å². The van der Waals surface area contributed by atoms with Crippen LogP contribution in [0.15, 0.2) is 57.9 Å². The SMILES string of the molecule is CC(C)CN1CC(C#Cc2ccc3c(=O)c(-c4ccc(NS(C)(=O)=O)cc4)coc3c2)C1. The molecule has 0 amide bonds. The Hall–Kier alpha value is -3.08. The molecule has 0 radical (unpaired) electrons. The number of nitrogens with one attached hydrogen (secondary N) is 1. The van der Waals surface area contributed by atoms with E-state index in [-0.39, 0.29) is 5.43 Å². The molecule has 0 aliphatic carbocycles. The average Bonchev–Trinajstić information content (AvgIpc) is 2.69. The van der Waals surface area contributed by atoms with E-state index < -0.39 is 10.0 Å². The normalized spacial score (nSPS) is 14.8. The minimum Gasteiger partial charge on any atom is -0.463 e. The first-order chi connectivity index (χ1) is 15.2. The molecule has 6 nitrogen and oxygen atoms in total. The van der Waals surface area contributed by atoms with Gasteiger partial charge in [0.15, 0.2) is 5.43 Å². The van der Waals surface area contributed by atoms with Crippen molar-refractivity contribution in [3.63, 3.8) is 0 Å². The maximum Gasteiger partial charge on any atom is 0.229 e. The third-order valence-corrected chi connectivity index (χ3v) is 5.88. The summed E-state index contributed by atoms with van der Waals surface area (Å²) in [4.78, 5) is 15.4. The summed E-state index contributed by atoms with van der Waals surface area (Å²) in [5, 5.41) is 0.484. The number of likely N-dealkylation sites (tertiary alicyclic amines) is 1. The van der Waals surface area contributed by atoms with Gasteiger partial charge in [-0.25, -0.2) is 8.42 Å². The smallest absolute Gasteiger partial charge is 0.229 e. The number of hydrogen-bond donors (Lipinski definition) is 1. The second kappa shape index (κ2) is 8.81. The third-order valence-electron chi connectivity index (χ3n) is 5.27. The van der Waals surface area contributed by atoms with Crippen LogP contribution < -0.4 is 10.2 Å². The van der Waals surface area contributed by atoms with Crippen molar-refractivity contribution in [3.05, 3.63) is 64.5 Å². The van der Waals surface area contributed by atoms with Crippen LogP contribution in [0.1, 0.15) is 19.4 Å². The molecule has 0 saturated carbocycles. The van der Waals surface area contributed by atoms with E-state index in [1.807, 2.05) is 6.07 Å². The second-order valence-corrected chi connectivity index (χ2v) is 10.5. The van der Waals surface area contributed by atoms with Crippen LogP contribution in [0, 0.1) is 23.7 Å². The van der Waals surface area contributed by atoms with Gasteiger partial charge in [-0.15, -0.1) is 0 Å². The van der Waals surface area contributed by atoms with Crippen molar-refractivity contribution in [1.29, 1.82) is 0 Å². The van der Waals surface area contributed by atoms with E-state index in [0.717, 1.165) is 31.5 Å². The van der Waals surface area contributed by atoms with Crippen LogP contribution in [0.5, 0.6) is 0 Å². The lowest BCUT2D eigenvalue weighted by atomic mass is 9.98. The third kappa shape index (κ3) is 5.21. The van der Waals surface area contributed by atoms with Gasteiger partial charge >= 0.3 is 0 Å².